The van der Waals surface area contributed by atoms with E-state index in [1.165, 1.54) is 11.1 Å². The summed E-state index contributed by atoms with van der Waals surface area (Å²) in [5, 5.41) is 0. The molecule has 0 atom stereocenters. The van der Waals surface area contributed by atoms with E-state index in [-0.39, 0.29) is 24.0 Å². The fraction of sp³-hybridized carbons (Fsp3) is 0.364. The van der Waals surface area contributed by atoms with Crippen LogP contribution in [-0.4, -0.2) is 31.2 Å². The first kappa shape index (κ1) is 10.7. The first-order valence-corrected chi connectivity index (χ1v) is 4.80. The fourth-order valence-corrected chi connectivity index (χ4v) is 1.94. The number of likely N-dealkylation sites (N-methyl/N-ethyl adjacent to an activating group) is 1. The van der Waals surface area contributed by atoms with Crippen LogP contribution in [0.25, 0.3) is 0 Å². The largest absolute Gasteiger partial charge is 1.00 e. The second-order valence-corrected chi connectivity index (χ2v) is 3.76. The molecule has 0 spiro atoms. The lowest BCUT2D eigenvalue weighted by molar-refractivity contribution is -0.493. The Kier molecular flexibility index (Phi) is 2.86. The number of hydrogen-bond acceptors (Lipinski definition) is 2. The van der Waals surface area contributed by atoms with Crippen molar-refractivity contribution in [3.63, 3.8) is 0 Å². The molecule has 0 N–H and O–H groups in total. The van der Waals surface area contributed by atoms with Crippen LogP contribution in [0.15, 0.2) is 12.1 Å². The van der Waals surface area contributed by atoms with Crippen molar-refractivity contribution >= 4 is 6.21 Å². The molecule has 0 saturated carbocycles. The summed E-state index contributed by atoms with van der Waals surface area (Å²) in [5.74, 6) is 1.76. The normalized spacial score (nSPS) is 16.5. The maximum Gasteiger partial charge on any atom is 0.231 e. The van der Waals surface area contributed by atoms with E-state index < -0.39 is 0 Å². The summed E-state index contributed by atoms with van der Waals surface area (Å²) in [7, 11) is 2.09. The third-order valence-corrected chi connectivity index (χ3v) is 2.73. The Labute approximate surface area is 106 Å². The van der Waals surface area contributed by atoms with E-state index >= 15 is 0 Å². The molecule has 0 radical (unpaired) electrons. The van der Waals surface area contributed by atoms with E-state index in [1.54, 1.807) is 0 Å². The Morgan fingerprint density at radius 1 is 1.20 bits per heavy atom. The summed E-state index contributed by atoms with van der Waals surface area (Å²) < 4.78 is 12.9. The van der Waals surface area contributed by atoms with Gasteiger partial charge in [0.25, 0.3) is 0 Å². The van der Waals surface area contributed by atoms with E-state index in [2.05, 4.69) is 30.0 Å². The number of halogens is 1. The minimum Gasteiger partial charge on any atom is -1.00 e. The Balaban J connectivity index is 0.000000853. The van der Waals surface area contributed by atoms with Gasteiger partial charge in [-0.1, -0.05) is 0 Å². The van der Waals surface area contributed by atoms with E-state index in [0.717, 1.165) is 24.5 Å². The zero-order valence-corrected chi connectivity index (χ0v) is 10.7. The molecule has 2 heterocycles. The lowest BCUT2D eigenvalue weighted by Gasteiger charge is -2.10. The highest BCUT2D eigenvalue weighted by molar-refractivity contribution is 5.80. The lowest BCUT2D eigenvalue weighted by atomic mass is 10.0. The average molecular weight is 317 g/mol. The number of nitrogens with zero attached hydrogens (tertiary/aromatic N) is 1. The second-order valence-electron chi connectivity index (χ2n) is 3.76. The molecule has 0 amide bonds. The van der Waals surface area contributed by atoms with Gasteiger partial charge in [-0.25, -0.2) is 4.58 Å². The molecule has 4 heteroatoms. The monoisotopic (exact) mass is 317 g/mol. The molecular formula is C11H12INO2. The van der Waals surface area contributed by atoms with E-state index in [4.69, 9.17) is 9.47 Å². The van der Waals surface area contributed by atoms with Crippen LogP contribution in [0.2, 0.25) is 0 Å². The lowest BCUT2D eigenvalue weighted by Crippen LogP contribution is -3.00. The highest BCUT2D eigenvalue weighted by Crippen LogP contribution is 2.35. The maximum absolute atomic E-state index is 5.34. The van der Waals surface area contributed by atoms with Gasteiger partial charge in [0.1, 0.15) is 13.6 Å². The standard InChI is InChI=1S/C11H12NO2.HI/c1-12-3-2-8-4-10-11(14-7-13-10)5-9(8)6-12;/h4-6H,2-3,7H2,1H3;1H/q+1;/p-1. The van der Waals surface area contributed by atoms with Gasteiger partial charge in [0.05, 0.1) is 0 Å². The molecule has 0 aromatic heterocycles. The van der Waals surface area contributed by atoms with Gasteiger partial charge in [-0.05, 0) is 17.7 Å². The topological polar surface area (TPSA) is 21.5 Å². The molecule has 0 saturated heterocycles. The van der Waals surface area contributed by atoms with Crippen molar-refractivity contribution in [1.82, 2.24) is 0 Å². The van der Waals surface area contributed by atoms with Crippen molar-refractivity contribution in [2.45, 2.75) is 6.42 Å². The SMILES string of the molecule is C[N+]1=Cc2cc3c(cc2CC1)OCO3.[I-]. The van der Waals surface area contributed by atoms with Crippen LogP contribution in [-0.2, 0) is 6.42 Å². The number of rotatable bonds is 0. The van der Waals surface area contributed by atoms with E-state index in [0.29, 0.717) is 6.79 Å². The molecular weight excluding hydrogens is 305 g/mol. The van der Waals surface area contributed by atoms with Gasteiger partial charge in [0.2, 0.25) is 6.79 Å². The van der Waals surface area contributed by atoms with Crippen molar-refractivity contribution in [2.24, 2.45) is 0 Å². The van der Waals surface area contributed by atoms with Crippen LogP contribution in [0.1, 0.15) is 11.1 Å². The minimum absolute atomic E-state index is 0. The summed E-state index contributed by atoms with van der Waals surface area (Å²) >= 11 is 0. The highest BCUT2D eigenvalue weighted by Gasteiger charge is 2.20. The zero-order valence-electron chi connectivity index (χ0n) is 8.50. The summed E-state index contributed by atoms with van der Waals surface area (Å²) in [5.41, 5.74) is 2.61. The van der Waals surface area contributed by atoms with Crippen LogP contribution in [0, 0.1) is 0 Å². The highest BCUT2D eigenvalue weighted by atomic mass is 127. The first-order chi connectivity index (χ1) is 6.83. The first-order valence-electron chi connectivity index (χ1n) is 4.80. The molecule has 3 nitrogen and oxygen atoms in total. The van der Waals surface area contributed by atoms with Crippen LogP contribution < -0.4 is 33.5 Å². The predicted molar refractivity (Wildman–Crippen MR) is 52.5 cm³/mol. The van der Waals surface area contributed by atoms with Crippen molar-refractivity contribution < 1.29 is 38.0 Å². The number of ether oxygens (including phenoxy) is 2. The van der Waals surface area contributed by atoms with Crippen molar-refractivity contribution in [2.75, 3.05) is 20.4 Å². The molecule has 80 valence electrons. The summed E-state index contributed by atoms with van der Waals surface area (Å²) in [6.45, 7) is 1.43. The summed E-state index contributed by atoms with van der Waals surface area (Å²) in [4.78, 5) is 0. The number of fused-ring (bicyclic) bond motifs is 2. The van der Waals surface area contributed by atoms with Crippen molar-refractivity contribution in [3.05, 3.63) is 23.3 Å². The van der Waals surface area contributed by atoms with Gasteiger partial charge < -0.3 is 33.5 Å². The number of benzene rings is 1. The molecule has 0 bridgehead atoms. The average Bonchev–Trinajstić information content (AvgIpc) is 2.61. The molecule has 0 unspecified atom stereocenters. The van der Waals surface area contributed by atoms with Gasteiger partial charge in [-0.3, -0.25) is 0 Å². The zero-order chi connectivity index (χ0) is 9.54. The third-order valence-electron chi connectivity index (χ3n) is 2.73. The van der Waals surface area contributed by atoms with E-state index in [1.807, 2.05) is 0 Å². The van der Waals surface area contributed by atoms with Crippen LogP contribution in [0.4, 0.5) is 0 Å². The summed E-state index contributed by atoms with van der Waals surface area (Å²) in [6.07, 6.45) is 3.24. The Hall–Kier alpha value is -0.780. The van der Waals surface area contributed by atoms with Crippen molar-refractivity contribution in [1.29, 1.82) is 0 Å². The second kappa shape index (κ2) is 4.00. The van der Waals surface area contributed by atoms with E-state index in [9.17, 15) is 0 Å². The van der Waals surface area contributed by atoms with Crippen LogP contribution >= 0.6 is 0 Å². The smallest absolute Gasteiger partial charge is 0.231 e. The van der Waals surface area contributed by atoms with Gasteiger partial charge in [0, 0.05) is 12.0 Å². The van der Waals surface area contributed by atoms with Gasteiger partial charge in [-0.15, -0.1) is 0 Å². The minimum atomic E-state index is 0. The Morgan fingerprint density at radius 3 is 2.73 bits per heavy atom. The molecule has 15 heavy (non-hydrogen) atoms. The van der Waals surface area contributed by atoms with Gasteiger partial charge >= 0.3 is 0 Å². The van der Waals surface area contributed by atoms with Crippen molar-refractivity contribution in [3.8, 4) is 11.5 Å². The molecule has 2 aliphatic heterocycles. The molecule has 3 rings (SSSR count). The van der Waals surface area contributed by atoms with Crippen LogP contribution in [0.3, 0.4) is 0 Å². The fourth-order valence-electron chi connectivity index (χ4n) is 1.94. The maximum atomic E-state index is 5.34. The Bertz CT molecular complexity index is 429. The molecule has 0 aliphatic carbocycles. The number of hydrogen-bond donors (Lipinski definition) is 0. The third kappa shape index (κ3) is 1.82. The predicted octanol–water partition coefficient (Wildman–Crippen LogP) is -1.96. The molecule has 1 aromatic carbocycles. The van der Waals surface area contributed by atoms with Crippen LogP contribution in [0.5, 0.6) is 11.5 Å². The molecule has 0 fully saturated rings. The Morgan fingerprint density at radius 2 is 1.93 bits per heavy atom. The van der Waals surface area contributed by atoms with Gasteiger partial charge in [-0.2, -0.15) is 0 Å². The quantitative estimate of drug-likeness (QED) is 0.409. The molecule has 2 aliphatic rings. The summed E-state index contributed by atoms with van der Waals surface area (Å²) in [6, 6.07) is 4.16. The molecule has 1 aromatic rings. The van der Waals surface area contributed by atoms with Gasteiger partial charge in [0.15, 0.2) is 17.7 Å².